The van der Waals surface area contributed by atoms with E-state index in [1.807, 2.05) is 61.5 Å². The number of H-pyrrole nitrogens is 1. The number of fused-ring (bicyclic) bond motifs is 1. The van der Waals surface area contributed by atoms with Gasteiger partial charge in [-0.15, -0.1) is 0 Å². The van der Waals surface area contributed by atoms with Crippen LogP contribution >= 0.6 is 0 Å². The molecule has 0 amide bonds. The molecule has 1 aromatic heterocycles. The van der Waals surface area contributed by atoms with E-state index in [0.29, 0.717) is 28.1 Å². The van der Waals surface area contributed by atoms with Crippen LogP contribution in [-0.2, 0) is 23.8 Å². The molecule has 250 valence electrons. The molecule has 3 aromatic rings. The first kappa shape index (κ1) is 77.1. The molecule has 0 aliphatic rings. The number of hydrogen-bond acceptors (Lipinski definition) is 10. The zero-order valence-electron chi connectivity index (χ0n) is 39.2. The van der Waals surface area contributed by atoms with Crippen molar-refractivity contribution in [2.75, 3.05) is 26.6 Å². The number of anilines is 1. The first-order valence-electron chi connectivity index (χ1n) is 18.8. The second-order valence-electron chi connectivity index (χ2n) is 11.7. The Balaban J connectivity index is -0.000000177. The van der Waals surface area contributed by atoms with Crippen LogP contribution in [0.1, 0.15) is 64.6 Å². The fourth-order valence-electron chi connectivity index (χ4n) is 3.87. The van der Waals surface area contributed by atoms with E-state index in [4.69, 9.17) is 9.47 Å². The molecule has 0 radical (unpaired) electrons. The average Bonchev–Trinajstić information content (AvgIpc) is 3.16. The summed E-state index contributed by atoms with van der Waals surface area (Å²) in [5, 5.41) is 3.41. The van der Waals surface area contributed by atoms with Crippen LogP contribution in [0.5, 0.6) is 11.5 Å². The molecule has 55 heavy (non-hydrogen) atoms. The number of rotatable bonds is 7. The monoisotopic (exact) mass is 1040 g/mol. The number of methoxy groups -OCH3 is 3. The van der Waals surface area contributed by atoms with Gasteiger partial charge in [-0.1, -0.05) is 6.07 Å². The van der Waals surface area contributed by atoms with Gasteiger partial charge in [0.1, 0.15) is 34.1 Å². The van der Waals surface area contributed by atoms with E-state index < -0.39 is 17.9 Å². The zero-order chi connectivity index (χ0) is 43.4. The first-order valence-corrected chi connectivity index (χ1v) is 98.8. The van der Waals surface area contributed by atoms with Crippen molar-refractivity contribution in [1.29, 1.82) is 0 Å². The van der Waals surface area contributed by atoms with E-state index in [1.165, 1.54) is 343 Å². The second-order valence-corrected chi connectivity index (χ2v) is 11.7. The minimum absolute atomic E-state index is 0. The molecule has 1 heterocycles. The summed E-state index contributed by atoms with van der Waals surface area (Å²) < 4.78 is 25.6. The normalized spacial score (nSPS) is 9.98. The Bertz CT molecular complexity index is 1650. The van der Waals surface area contributed by atoms with Gasteiger partial charge in [0.25, 0.3) is 0 Å². The SMILES string of the molecule is COC(=O)/C=C(/Nc1cccc(OC(C)(C)C)c1C)C(=O)OC.COC(=O)c1cc(=O)c2ccc(OC(C)(C)C)c(C)c2[nH]1.[H-].[K+].[K][K].[K][K].[K][K].[K][K].[K][K]. The molecule has 2 aromatic carbocycles. The molecule has 0 unspecified atom stereocenters. The van der Waals surface area contributed by atoms with E-state index in [1.54, 1.807) is 24.3 Å². The van der Waals surface area contributed by atoms with Gasteiger partial charge in [0.2, 0.25) is 0 Å². The number of nitrogens with one attached hydrogen (secondary N) is 2. The van der Waals surface area contributed by atoms with Crippen LogP contribution in [-0.4, -0.2) is 371 Å². The molecule has 0 fully saturated rings. The van der Waals surface area contributed by atoms with E-state index in [0.717, 1.165) is 17.2 Å². The molecule has 0 aliphatic carbocycles. The third-order valence-electron chi connectivity index (χ3n) is 5.88. The third kappa shape index (κ3) is 36.7. The Kier molecular flexibility index (Phi) is 67.5. The number of carbonyl (C=O) groups is 3. The summed E-state index contributed by atoms with van der Waals surface area (Å²) in [6, 6.07) is 10.1. The van der Waals surface area contributed by atoms with E-state index in [-0.39, 0.29) is 80.8 Å². The summed E-state index contributed by atoms with van der Waals surface area (Å²) in [6.07, 6.45) is 1.04. The maximum absolute atomic E-state index is 12.1. The topological polar surface area (TPSA) is 142 Å². The molecule has 11 nitrogen and oxygen atoms in total. The van der Waals surface area contributed by atoms with E-state index in [9.17, 15) is 19.2 Å². The Morgan fingerprint density at radius 3 is 1.60 bits per heavy atom. The predicted molar refractivity (Wildman–Crippen MR) is 227 cm³/mol. The maximum atomic E-state index is 12.1. The number of hydrogen-bond donors (Lipinski definition) is 2. The summed E-state index contributed by atoms with van der Waals surface area (Å²) in [4.78, 5) is 49.9. The van der Waals surface area contributed by atoms with Crippen molar-refractivity contribution in [2.45, 2.75) is 66.6 Å². The van der Waals surface area contributed by atoms with Crippen LogP contribution < -0.4 is 71.6 Å². The van der Waals surface area contributed by atoms with Crippen molar-refractivity contribution >= 4 is 350 Å². The summed E-state index contributed by atoms with van der Waals surface area (Å²) in [7, 11) is 3.74. The standard InChI is InChI=1S/C17H23NO5.C16H19NO4.11K.H/c1-11-12(8-7-9-14(11)23-17(2,3)4)18-13(16(20)22-6)10-15(19)21-5;1-9-13(21-16(2,3)4)7-6-10-12(18)8-11(15(19)20-5)17-14(9)10;;;;;;;;;;;;/h7-10,18H,1-6H3;6-8H,1-5H3,(H,17,18);;;;;;;;;;;;/q;;;;;;;;;;;;+1;-1/b13-10+;;;;;;;;;;;;;. The number of benzene rings is 2. The van der Waals surface area contributed by atoms with Crippen molar-refractivity contribution in [3.8, 4) is 11.5 Å². The van der Waals surface area contributed by atoms with Crippen molar-refractivity contribution in [3.05, 3.63) is 75.2 Å². The van der Waals surface area contributed by atoms with Crippen molar-refractivity contribution in [1.82, 2.24) is 4.98 Å². The molecule has 22 heteroatoms. The van der Waals surface area contributed by atoms with E-state index >= 15 is 0 Å². The molecular weight excluding hydrogens is 998 g/mol. The van der Waals surface area contributed by atoms with Crippen LogP contribution in [0.4, 0.5) is 5.69 Å². The molecule has 0 atom stereocenters. The van der Waals surface area contributed by atoms with Crippen LogP contribution in [0, 0.1) is 13.8 Å². The molecule has 3 rings (SSSR count). The summed E-state index contributed by atoms with van der Waals surface area (Å²) >= 11 is 12.5. The Labute approximate surface area is 599 Å². The summed E-state index contributed by atoms with van der Waals surface area (Å²) in [5.41, 5.74) is 2.00. The third-order valence-corrected chi connectivity index (χ3v) is 5.88. The Morgan fingerprint density at radius 2 is 1.18 bits per heavy atom. The van der Waals surface area contributed by atoms with Crippen LogP contribution in [0.25, 0.3) is 10.9 Å². The van der Waals surface area contributed by atoms with Crippen molar-refractivity contribution in [2.24, 2.45) is 0 Å². The number of carbonyl (C=O) groups excluding carboxylic acids is 3. The number of aryl methyl sites for hydroxylation is 1. The summed E-state index contributed by atoms with van der Waals surface area (Å²) in [6.45, 7) is 15.4. The van der Waals surface area contributed by atoms with Gasteiger partial charge in [0, 0.05) is 28.3 Å². The van der Waals surface area contributed by atoms with Gasteiger partial charge in [0.05, 0.1) is 32.9 Å². The second kappa shape index (κ2) is 48.2. The Morgan fingerprint density at radius 1 is 0.709 bits per heavy atom. The van der Waals surface area contributed by atoms with Crippen LogP contribution in [0.2, 0.25) is 0 Å². The molecule has 0 spiro atoms. The van der Waals surface area contributed by atoms with Gasteiger partial charge in [-0.3, -0.25) is 4.79 Å². The fraction of sp³-hybridized carbons (Fsp3) is 0.394. The van der Waals surface area contributed by atoms with Gasteiger partial charge >= 0.3 is 385 Å². The first-order chi connectivity index (χ1) is 25.4. The number of esters is 3. The molecule has 0 saturated heterocycles. The van der Waals surface area contributed by atoms with Gasteiger partial charge in [-0.25, -0.2) is 14.4 Å². The zero-order valence-corrected chi connectivity index (χ0v) is 72.6. The van der Waals surface area contributed by atoms with Gasteiger partial charge < -0.3 is 35.4 Å². The Hall–Kier alpha value is 13.2. The predicted octanol–water partition coefficient (Wildman–Crippen LogP) is -1.08. The van der Waals surface area contributed by atoms with Gasteiger partial charge in [-0.05, 0) is 79.7 Å². The fourth-order valence-corrected chi connectivity index (χ4v) is 3.87. The summed E-state index contributed by atoms with van der Waals surface area (Å²) in [5.74, 6) is -0.539. The molecule has 0 aliphatic heterocycles. The van der Waals surface area contributed by atoms with Crippen molar-refractivity contribution in [3.63, 3.8) is 0 Å². The quantitative estimate of drug-likeness (QED) is 0.130. The minimum atomic E-state index is -0.669. The molecule has 2 N–H and O–H groups in total. The molecule has 0 saturated carbocycles. The van der Waals surface area contributed by atoms with E-state index in [2.05, 4.69) is 24.5 Å². The molecular formula is C33H43K11N2O9. The van der Waals surface area contributed by atoms with Crippen LogP contribution in [0.15, 0.2) is 53.0 Å². The molecule has 0 bridgehead atoms. The number of aromatic nitrogens is 1. The van der Waals surface area contributed by atoms with Crippen molar-refractivity contribution < 1.29 is 90.9 Å². The number of pyridine rings is 1. The van der Waals surface area contributed by atoms with Gasteiger partial charge in [0.15, 0.2) is 5.43 Å². The average molecular weight is 1040 g/mol. The van der Waals surface area contributed by atoms with Gasteiger partial charge in [-0.2, -0.15) is 0 Å². The number of ether oxygens (including phenoxy) is 5. The number of aromatic amines is 1. The van der Waals surface area contributed by atoms with Crippen LogP contribution in [0.3, 0.4) is 0 Å².